The minimum absolute atomic E-state index is 0.0839. The number of halogens is 1. The van der Waals surface area contributed by atoms with Crippen molar-refractivity contribution in [1.82, 2.24) is 19.7 Å². The summed E-state index contributed by atoms with van der Waals surface area (Å²) in [6.07, 6.45) is 0. The van der Waals surface area contributed by atoms with Gasteiger partial charge in [0.05, 0.1) is 13.1 Å². The molecule has 0 fully saturated rings. The van der Waals surface area contributed by atoms with Crippen LogP contribution in [0.25, 0.3) is 0 Å². The molecular weight excluding hydrogens is 336 g/mol. The van der Waals surface area contributed by atoms with Gasteiger partial charge in [-0.3, -0.25) is 4.79 Å². The Morgan fingerprint density at radius 2 is 2.04 bits per heavy atom. The Bertz CT molecular complexity index is 774. The summed E-state index contributed by atoms with van der Waals surface area (Å²) in [5.41, 5.74) is 0. The maximum Gasteiger partial charge on any atom is 0.328 e. The zero-order valence-electron chi connectivity index (χ0n) is 12.8. The summed E-state index contributed by atoms with van der Waals surface area (Å²) >= 11 is 5.79. The van der Waals surface area contributed by atoms with Gasteiger partial charge >= 0.3 is 5.97 Å². The lowest BCUT2D eigenvalue weighted by Crippen LogP contribution is -2.52. The number of benzene rings is 1. The van der Waals surface area contributed by atoms with Crippen molar-refractivity contribution >= 4 is 23.5 Å². The van der Waals surface area contributed by atoms with Crippen LogP contribution in [0.3, 0.4) is 0 Å². The van der Waals surface area contributed by atoms with Crippen molar-refractivity contribution in [3.8, 4) is 5.75 Å². The van der Waals surface area contributed by atoms with Crippen LogP contribution < -0.4 is 4.74 Å². The van der Waals surface area contributed by atoms with Crippen LogP contribution in [0, 0.1) is 6.92 Å². The van der Waals surface area contributed by atoms with Crippen LogP contribution in [0.2, 0.25) is 5.02 Å². The van der Waals surface area contributed by atoms with Crippen molar-refractivity contribution in [3.63, 3.8) is 0 Å². The van der Waals surface area contributed by atoms with E-state index in [-0.39, 0.29) is 19.7 Å². The molecule has 0 saturated heterocycles. The summed E-state index contributed by atoms with van der Waals surface area (Å²) in [7, 11) is 0. The molecule has 1 unspecified atom stereocenters. The Balaban J connectivity index is 1.72. The van der Waals surface area contributed by atoms with Gasteiger partial charge in [-0.2, -0.15) is 0 Å². The van der Waals surface area contributed by atoms with Crippen LogP contribution in [-0.4, -0.2) is 49.3 Å². The lowest BCUT2D eigenvalue weighted by atomic mass is 10.2. The van der Waals surface area contributed by atoms with E-state index in [0.717, 1.165) is 0 Å². The van der Waals surface area contributed by atoms with Crippen LogP contribution in [-0.2, 0) is 22.7 Å². The van der Waals surface area contributed by atoms with Gasteiger partial charge in [0.2, 0.25) is 0 Å². The zero-order valence-corrected chi connectivity index (χ0v) is 13.6. The first-order valence-electron chi connectivity index (χ1n) is 7.25. The van der Waals surface area contributed by atoms with E-state index in [2.05, 4.69) is 10.2 Å². The van der Waals surface area contributed by atoms with Crippen LogP contribution in [0.5, 0.6) is 5.75 Å². The number of fused-ring (bicyclic) bond motifs is 1. The number of carboxylic acids is 1. The second-order valence-corrected chi connectivity index (χ2v) is 5.83. The third kappa shape index (κ3) is 3.18. The van der Waals surface area contributed by atoms with Gasteiger partial charge in [0, 0.05) is 5.02 Å². The summed E-state index contributed by atoms with van der Waals surface area (Å²) in [5, 5.41) is 17.9. The number of amides is 1. The second kappa shape index (κ2) is 6.48. The summed E-state index contributed by atoms with van der Waals surface area (Å²) in [5.74, 6) is 0.166. The third-order valence-corrected chi connectivity index (χ3v) is 4.09. The van der Waals surface area contributed by atoms with Gasteiger partial charge in [0.15, 0.2) is 12.4 Å². The molecule has 1 aliphatic heterocycles. The molecule has 2 aromatic rings. The van der Waals surface area contributed by atoms with Crippen LogP contribution in [0.1, 0.15) is 11.6 Å². The molecule has 1 amide bonds. The smallest absolute Gasteiger partial charge is 0.328 e. The number of carbonyl (C=O) groups excluding carboxylic acids is 1. The molecule has 1 atom stereocenters. The molecule has 0 aliphatic carbocycles. The van der Waals surface area contributed by atoms with Crippen molar-refractivity contribution in [3.05, 3.63) is 40.9 Å². The standard InChI is InChI=1S/C15H15ClN4O4/c1-9-17-18-13-7-20(12(15(22)23)6-19(9)13)14(21)8-24-11-4-2-10(16)3-5-11/h2-5,12H,6-8H2,1H3,(H,22,23). The molecule has 0 bridgehead atoms. The number of carbonyl (C=O) groups is 2. The van der Waals surface area contributed by atoms with Gasteiger partial charge in [-0.1, -0.05) is 11.6 Å². The molecule has 3 rings (SSSR count). The monoisotopic (exact) mass is 350 g/mol. The second-order valence-electron chi connectivity index (χ2n) is 5.39. The summed E-state index contributed by atoms with van der Waals surface area (Å²) in [4.78, 5) is 25.2. The average Bonchev–Trinajstić information content (AvgIpc) is 2.93. The molecule has 1 aliphatic rings. The summed E-state index contributed by atoms with van der Waals surface area (Å²) in [6.45, 7) is 1.69. The van der Waals surface area contributed by atoms with Crippen molar-refractivity contribution in [2.24, 2.45) is 0 Å². The Kier molecular flexibility index (Phi) is 4.39. The van der Waals surface area contributed by atoms with Crippen molar-refractivity contribution in [2.75, 3.05) is 6.61 Å². The highest BCUT2D eigenvalue weighted by atomic mass is 35.5. The highest BCUT2D eigenvalue weighted by Crippen LogP contribution is 2.19. The quantitative estimate of drug-likeness (QED) is 0.887. The van der Waals surface area contributed by atoms with Crippen LogP contribution >= 0.6 is 11.6 Å². The summed E-state index contributed by atoms with van der Waals surface area (Å²) in [6, 6.07) is 5.59. The zero-order chi connectivity index (χ0) is 17.3. The minimum atomic E-state index is -1.08. The normalized spacial score (nSPS) is 16.6. The number of aryl methyl sites for hydroxylation is 1. The number of aromatic nitrogens is 3. The largest absolute Gasteiger partial charge is 0.484 e. The fourth-order valence-corrected chi connectivity index (χ4v) is 2.67. The van der Waals surface area contributed by atoms with E-state index in [9.17, 15) is 14.7 Å². The van der Waals surface area contributed by atoms with Gasteiger partial charge in [-0.15, -0.1) is 10.2 Å². The minimum Gasteiger partial charge on any atom is -0.484 e. The SMILES string of the molecule is Cc1nnc2n1CC(C(=O)O)N(C(=O)COc1ccc(Cl)cc1)C2. The van der Waals surface area contributed by atoms with E-state index in [4.69, 9.17) is 16.3 Å². The van der Waals surface area contributed by atoms with Crippen molar-refractivity contribution < 1.29 is 19.4 Å². The molecule has 24 heavy (non-hydrogen) atoms. The maximum atomic E-state index is 12.4. The Morgan fingerprint density at radius 1 is 1.33 bits per heavy atom. The molecule has 1 N–H and O–H groups in total. The first kappa shape index (κ1) is 16.3. The predicted molar refractivity (Wildman–Crippen MR) is 83.7 cm³/mol. The average molecular weight is 351 g/mol. The first-order chi connectivity index (χ1) is 11.5. The van der Waals surface area contributed by atoms with Gasteiger partial charge in [-0.25, -0.2) is 4.79 Å². The predicted octanol–water partition coefficient (Wildman–Crippen LogP) is 1.11. The number of aliphatic carboxylic acids is 1. The number of nitrogens with zero attached hydrogens (tertiary/aromatic N) is 4. The highest BCUT2D eigenvalue weighted by Gasteiger charge is 2.36. The first-order valence-corrected chi connectivity index (χ1v) is 7.63. The Morgan fingerprint density at radius 3 is 2.71 bits per heavy atom. The number of ether oxygens (including phenoxy) is 1. The van der Waals surface area contributed by atoms with E-state index in [0.29, 0.717) is 22.4 Å². The highest BCUT2D eigenvalue weighted by molar-refractivity contribution is 6.30. The Hall–Kier alpha value is -2.61. The van der Waals surface area contributed by atoms with Gasteiger partial charge in [0.1, 0.15) is 17.6 Å². The van der Waals surface area contributed by atoms with Gasteiger partial charge in [0.25, 0.3) is 5.91 Å². The number of hydrogen-bond donors (Lipinski definition) is 1. The molecule has 126 valence electrons. The molecule has 8 nitrogen and oxygen atoms in total. The van der Waals surface area contributed by atoms with Crippen molar-refractivity contribution in [2.45, 2.75) is 26.1 Å². The fourth-order valence-electron chi connectivity index (χ4n) is 2.55. The molecule has 0 spiro atoms. The van der Waals surface area contributed by atoms with Gasteiger partial charge in [-0.05, 0) is 31.2 Å². The lowest BCUT2D eigenvalue weighted by molar-refractivity contribution is -0.153. The summed E-state index contributed by atoms with van der Waals surface area (Å²) < 4.78 is 7.12. The van der Waals surface area contributed by atoms with E-state index < -0.39 is 17.9 Å². The molecule has 1 aromatic carbocycles. The van der Waals surface area contributed by atoms with E-state index in [1.165, 1.54) is 4.90 Å². The molecule has 9 heteroatoms. The maximum absolute atomic E-state index is 12.4. The van der Waals surface area contributed by atoms with E-state index >= 15 is 0 Å². The van der Waals surface area contributed by atoms with E-state index in [1.807, 2.05) is 0 Å². The number of rotatable bonds is 4. The lowest BCUT2D eigenvalue weighted by Gasteiger charge is -2.33. The molecular formula is C15H15ClN4O4. The van der Waals surface area contributed by atoms with E-state index in [1.54, 1.807) is 35.8 Å². The number of carboxylic acid groups (broad SMARTS) is 1. The topological polar surface area (TPSA) is 97.5 Å². The molecule has 1 aromatic heterocycles. The fraction of sp³-hybridized carbons (Fsp3) is 0.333. The van der Waals surface area contributed by atoms with Gasteiger partial charge < -0.3 is 19.3 Å². The van der Waals surface area contributed by atoms with Crippen LogP contribution in [0.4, 0.5) is 0 Å². The number of hydrogen-bond acceptors (Lipinski definition) is 5. The Labute approximate surface area is 142 Å². The third-order valence-electron chi connectivity index (χ3n) is 3.84. The van der Waals surface area contributed by atoms with Crippen LogP contribution in [0.15, 0.2) is 24.3 Å². The molecule has 0 saturated carbocycles. The molecule has 2 heterocycles. The van der Waals surface area contributed by atoms with Crippen molar-refractivity contribution in [1.29, 1.82) is 0 Å². The molecule has 0 radical (unpaired) electrons.